The van der Waals surface area contributed by atoms with Crippen LogP contribution in [0.5, 0.6) is 0 Å². The van der Waals surface area contributed by atoms with Crippen molar-refractivity contribution in [3.8, 4) is 0 Å². The molecule has 1 aliphatic rings. The largest absolute Gasteiger partial charge is 0.389 e. The van der Waals surface area contributed by atoms with E-state index in [1.807, 2.05) is 6.08 Å². The predicted molar refractivity (Wildman–Crippen MR) is 68.6 cm³/mol. The molecule has 2 atom stereocenters. The maximum Gasteiger partial charge on any atom is 0.278 e. The highest BCUT2D eigenvalue weighted by Crippen LogP contribution is 2.25. The van der Waals surface area contributed by atoms with E-state index in [1.165, 1.54) is 6.33 Å². The fourth-order valence-corrected chi connectivity index (χ4v) is 1.97. The molecular weight excluding hydrogens is 256 g/mol. The van der Waals surface area contributed by atoms with Crippen molar-refractivity contribution in [3.63, 3.8) is 0 Å². The summed E-state index contributed by atoms with van der Waals surface area (Å²) in [6.45, 7) is 0. The van der Waals surface area contributed by atoms with Gasteiger partial charge in [-0.3, -0.25) is 4.79 Å². The van der Waals surface area contributed by atoms with Crippen molar-refractivity contribution < 1.29 is 9.66 Å². The van der Waals surface area contributed by atoms with Crippen molar-refractivity contribution in [2.75, 3.05) is 0 Å². The van der Waals surface area contributed by atoms with Crippen LogP contribution in [0.25, 0.3) is 11.2 Å². The second-order valence-corrected chi connectivity index (χ2v) is 3.81. The van der Waals surface area contributed by atoms with E-state index < -0.39 is 6.10 Å². The van der Waals surface area contributed by atoms with E-state index in [1.54, 1.807) is 17.0 Å². The number of nitrogens with one attached hydrogen (secondary N) is 1. The van der Waals surface area contributed by atoms with Gasteiger partial charge in [0.05, 0.1) is 24.8 Å². The molecule has 3 N–H and O–H groups in total. The zero-order valence-corrected chi connectivity index (χ0v) is 10.2. The first-order valence-corrected chi connectivity index (χ1v) is 5.62. The molecule has 2 aromatic rings. The van der Waals surface area contributed by atoms with Crippen molar-refractivity contribution in [1.29, 1.82) is 0 Å². The monoisotopic (exact) mass is 268 g/mol. The third-order valence-electron chi connectivity index (χ3n) is 2.76. The third-order valence-corrected chi connectivity index (χ3v) is 2.76. The van der Waals surface area contributed by atoms with Crippen LogP contribution in [0, 0.1) is 0 Å². The Morgan fingerprint density at radius 2 is 2.17 bits per heavy atom. The molecule has 3 rings (SSSR count). The first kappa shape index (κ1) is 12.8. The van der Waals surface area contributed by atoms with Crippen LogP contribution >= 0.6 is 12.9 Å². The Hall–Kier alpha value is -1.64. The summed E-state index contributed by atoms with van der Waals surface area (Å²) in [7, 11) is 0. The Bertz CT molecular complexity index is 621. The summed E-state index contributed by atoms with van der Waals surface area (Å²) in [5.74, 6) is 0. The van der Waals surface area contributed by atoms with Gasteiger partial charge >= 0.3 is 0 Å². The van der Waals surface area contributed by atoms with E-state index in [2.05, 4.69) is 27.9 Å². The van der Waals surface area contributed by atoms with Gasteiger partial charge < -0.3 is 19.2 Å². The fourth-order valence-electron chi connectivity index (χ4n) is 1.97. The van der Waals surface area contributed by atoms with E-state index in [0.717, 1.165) is 0 Å². The van der Waals surface area contributed by atoms with Gasteiger partial charge in [0.15, 0.2) is 11.2 Å². The number of nitrogens with zero attached hydrogens (tertiary/aromatic N) is 3. The number of aliphatic hydroxyl groups is 1. The van der Waals surface area contributed by atoms with Gasteiger partial charge in [0.1, 0.15) is 0 Å². The smallest absolute Gasteiger partial charge is 0.278 e. The highest BCUT2D eigenvalue weighted by atomic mass is 32.1. The minimum absolute atomic E-state index is 0.0225. The summed E-state index contributed by atoms with van der Waals surface area (Å²) in [5.41, 5.74) is 0.635. The van der Waals surface area contributed by atoms with Gasteiger partial charge in [-0.05, 0) is 12.9 Å². The first-order valence-electron chi connectivity index (χ1n) is 5.22. The fraction of sp³-hybridized carbons (Fsp3) is 0.300. The normalized spacial score (nSPS) is 21.9. The summed E-state index contributed by atoms with van der Waals surface area (Å²) in [6, 6.07) is 0.0225. The number of aromatic amines is 1. The van der Waals surface area contributed by atoms with Crippen LogP contribution in [0.2, 0.25) is 0 Å². The number of thiol groups is 1. The molecule has 0 bridgehead atoms. The van der Waals surface area contributed by atoms with Gasteiger partial charge in [-0.1, -0.05) is 12.2 Å². The molecule has 1 aliphatic carbocycles. The molecule has 0 aliphatic heterocycles. The molecule has 0 fully saturated rings. The highest BCUT2D eigenvalue weighted by Gasteiger charge is 2.20. The van der Waals surface area contributed by atoms with Crippen molar-refractivity contribution in [3.05, 3.63) is 35.2 Å². The molecule has 0 spiro atoms. The summed E-state index contributed by atoms with van der Waals surface area (Å²) in [5, 5.41) is 9.42. The van der Waals surface area contributed by atoms with E-state index in [-0.39, 0.29) is 11.6 Å². The van der Waals surface area contributed by atoms with Gasteiger partial charge in [-0.15, -0.1) is 0 Å². The molecule has 18 heavy (non-hydrogen) atoms. The lowest BCUT2D eigenvalue weighted by Gasteiger charge is -2.10. The topological polar surface area (TPSA) is 104 Å². The van der Waals surface area contributed by atoms with Crippen molar-refractivity contribution in [2.45, 2.75) is 18.6 Å². The number of aromatic nitrogens is 4. The number of imidazole rings is 1. The van der Waals surface area contributed by atoms with Crippen LogP contribution in [0.3, 0.4) is 0 Å². The highest BCUT2D eigenvalue weighted by molar-refractivity contribution is 7.74. The van der Waals surface area contributed by atoms with Crippen molar-refractivity contribution in [1.82, 2.24) is 19.5 Å². The van der Waals surface area contributed by atoms with Gasteiger partial charge in [0, 0.05) is 6.42 Å². The maximum absolute atomic E-state index is 11.4. The molecule has 0 saturated heterocycles. The Labute approximate surface area is 107 Å². The molecule has 2 heterocycles. The average molecular weight is 268 g/mol. The number of hydrogen-bond acceptors (Lipinski definition) is 6. The third kappa shape index (κ3) is 2.17. The molecular formula is C10H12N4O3S. The predicted octanol–water partition coefficient (Wildman–Crippen LogP) is 0.371. The molecule has 0 aromatic carbocycles. The Morgan fingerprint density at radius 1 is 1.39 bits per heavy atom. The Balaban J connectivity index is 0.000000574. The van der Waals surface area contributed by atoms with E-state index in [9.17, 15) is 9.90 Å². The van der Waals surface area contributed by atoms with Crippen LogP contribution in [-0.2, 0) is 0 Å². The van der Waals surface area contributed by atoms with Crippen molar-refractivity contribution >= 4 is 24.1 Å². The second kappa shape index (κ2) is 5.34. The summed E-state index contributed by atoms with van der Waals surface area (Å²) in [6.07, 6.45) is 6.75. The van der Waals surface area contributed by atoms with Crippen LogP contribution < -0.4 is 5.56 Å². The number of fused-ring (bicyclic) bond motifs is 1. The van der Waals surface area contributed by atoms with Gasteiger partial charge in [-0.25, -0.2) is 9.97 Å². The van der Waals surface area contributed by atoms with E-state index >= 15 is 0 Å². The van der Waals surface area contributed by atoms with Crippen LogP contribution in [-0.4, -0.2) is 35.3 Å². The summed E-state index contributed by atoms with van der Waals surface area (Å²) >= 11 is 2.53. The molecule has 8 heteroatoms. The summed E-state index contributed by atoms with van der Waals surface area (Å²) < 4.78 is 8.50. The molecule has 7 nitrogen and oxygen atoms in total. The number of hydrogen-bond donors (Lipinski definition) is 4. The quantitative estimate of drug-likeness (QED) is 0.340. The molecule has 2 aromatic heterocycles. The minimum Gasteiger partial charge on any atom is -0.389 e. The zero-order valence-electron chi connectivity index (χ0n) is 9.26. The second-order valence-electron chi connectivity index (χ2n) is 3.81. The maximum atomic E-state index is 11.4. The lowest BCUT2D eigenvalue weighted by Crippen LogP contribution is -2.10. The van der Waals surface area contributed by atoms with E-state index in [4.69, 9.17) is 4.55 Å². The minimum atomic E-state index is -0.426. The molecule has 0 radical (unpaired) electrons. The summed E-state index contributed by atoms with van der Waals surface area (Å²) in [4.78, 5) is 22.0. The SMILES string of the molecule is O=c1[nH]cnc2c1ncn2C1C=CC(O)C1.OS. The van der Waals surface area contributed by atoms with Crippen molar-refractivity contribution in [2.24, 2.45) is 0 Å². The van der Waals surface area contributed by atoms with Gasteiger partial charge in [-0.2, -0.15) is 0 Å². The zero-order chi connectivity index (χ0) is 13.1. The van der Waals surface area contributed by atoms with Gasteiger partial charge in [0.25, 0.3) is 5.56 Å². The van der Waals surface area contributed by atoms with Gasteiger partial charge in [0.2, 0.25) is 0 Å². The molecule has 96 valence electrons. The molecule has 0 amide bonds. The molecule has 2 unspecified atom stereocenters. The van der Waals surface area contributed by atoms with E-state index in [0.29, 0.717) is 17.6 Å². The standard InChI is InChI=1S/C10H10N4O2.H2OS/c15-7-2-1-6(3-7)14-5-13-8-9(14)11-4-12-10(8)16;1-2/h1-2,4-7,15H,3H2,(H,11,12,16);1-2H. The van der Waals surface area contributed by atoms with Crippen LogP contribution in [0.1, 0.15) is 12.5 Å². The first-order chi connectivity index (χ1) is 8.75. The number of rotatable bonds is 1. The number of aliphatic hydroxyl groups excluding tert-OH is 1. The average Bonchev–Trinajstić information content (AvgIpc) is 2.98. The number of H-pyrrole nitrogens is 1. The number of allylic oxidation sites excluding steroid dienone is 1. The van der Waals surface area contributed by atoms with Crippen LogP contribution in [0.15, 0.2) is 29.6 Å². The lowest BCUT2D eigenvalue weighted by molar-refractivity contribution is 0.211. The lowest BCUT2D eigenvalue weighted by atomic mass is 10.2. The van der Waals surface area contributed by atoms with Crippen LogP contribution in [0.4, 0.5) is 0 Å². The Kier molecular flexibility index (Phi) is 3.80. The molecule has 0 saturated carbocycles. The Morgan fingerprint density at radius 3 is 2.83 bits per heavy atom.